The summed E-state index contributed by atoms with van der Waals surface area (Å²) in [5.74, 6) is 0.506. The monoisotopic (exact) mass is 272 g/mol. The molecule has 0 N–H and O–H groups in total. The van der Waals surface area contributed by atoms with Crippen molar-refractivity contribution in [3.63, 3.8) is 0 Å². The minimum absolute atomic E-state index is 0.392. The van der Waals surface area contributed by atoms with Gasteiger partial charge in [0, 0.05) is 12.4 Å². The molecular weight excluding hydrogens is 252 g/mol. The lowest BCUT2D eigenvalue weighted by Crippen LogP contribution is -2.48. The molecule has 1 heterocycles. The van der Waals surface area contributed by atoms with Gasteiger partial charge in [-0.2, -0.15) is 5.26 Å². The van der Waals surface area contributed by atoms with E-state index < -0.39 is 17.2 Å². The maximum atomic E-state index is 12.1. The maximum Gasteiger partial charge on any atom is 0.411 e. The summed E-state index contributed by atoms with van der Waals surface area (Å²) >= 11 is 5.69. The van der Waals surface area contributed by atoms with Gasteiger partial charge >= 0.3 is 6.09 Å². The number of rotatable bonds is 3. The van der Waals surface area contributed by atoms with E-state index in [1.165, 1.54) is 0 Å². The smallest absolute Gasteiger partial charge is 0.411 e. The minimum atomic E-state index is -0.725. The van der Waals surface area contributed by atoms with Gasteiger partial charge in [-0.1, -0.05) is 0 Å². The highest BCUT2D eigenvalue weighted by Crippen LogP contribution is 2.34. The van der Waals surface area contributed by atoms with Crippen molar-refractivity contribution in [3.05, 3.63) is 0 Å². The number of likely N-dealkylation sites (tertiary alicyclic amines) is 1. The molecule has 1 aliphatic rings. The van der Waals surface area contributed by atoms with E-state index in [1.54, 1.807) is 4.90 Å². The van der Waals surface area contributed by atoms with E-state index in [0.717, 1.165) is 12.8 Å². The van der Waals surface area contributed by atoms with Gasteiger partial charge in [0.15, 0.2) is 0 Å². The average Bonchev–Trinajstić information content (AvgIpc) is 2.68. The number of alkyl halides is 1. The first kappa shape index (κ1) is 15.1. The highest BCUT2D eigenvalue weighted by atomic mass is 35.5. The summed E-state index contributed by atoms with van der Waals surface area (Å²) in [6.45, 7) is 6.07. The lowest BCUT2D eigenvalue weighted by Gasteiger charge is -2.34. The van der Waals surface area contributed by atoms with Crippen LogP contribution in [0.15, 0.2) is 0 Å². The summed E-state index contributed by atoms with van der Waals surface area (Å²) in [4.78, 5) is 13.7. The molecule has 1 fully saturated rings. The van der Waals surface area contributed by atoms with Gasteiger partial charge in [0.05, 0.1) is 6.07 Å². The van der Waals surface area contributed by atoms with Gasteiger partial charge in [0.1, 0.15) is 11.1 Å². The van der Waals surface area contributed by atoms with Crippen molar-refractivity contribution in [3.8, 4) is 6.07 Å². The summed E-state index contributed by atoms with van der Waals surface area (Å²) in [6, 6.07) is 2.30. The van der Waals surface area contributed by atoms with Gasteiger partial charge in [-0.25, -0.2) is 4.79 Å². The number of hydrogen-bond acceptors (Lipinski definition) is 3. The number of carbonyl (C=O) groups excluding carboxylic acids is 1. The zero-order valence-corrected chi connectivity index (χ0v) is 12.1. The molecule has 1 aliphatic heterocycles. The molecule has 4 nitrogen and oxygen atoms in total. The molecule has 0 aromatic carbocycles. The predicted octanol–water partition coefficient (Wildman–Crippen LogP) is 3.30. The predicted molar refractivity (Wildman–Crippen MR) is 70.5 cm³/mol. The van der Waals surface area contributed by atoms with Crippen LogP contribution in [0.2, 0.25) is 0 Å². The lowest BCUT2D eigenvalue weighted by molar-refractivity contribution is 0.0146. The third kappa shape index (κ3) is 3.52. The van der Waals surface area contributed by atoms with E-state index in [9.17, 15) is 10.1 Å². The largest absolute Gasteiger partial charge is 0.444 e. The van der Waals surface area contributed by atoms with Crippen molar-refractivity contribution in [2.24, 2.45) is 0 Å². The van der Waals surface area contributed by atoms with Crippen LogP contribution in [0.4, 0.5) is 4.79 Å². The normalized spacial score (nSPS) is 23.8. The summed E-state index contributed by atoms with van der Waals surface area (Å²) in [5.41, 5.74) is -1.26. The number of halogens is 1. The van der Waals surface area contributed by atoms with Crippen molar-refractivity contribution in [1.29, 1.82) is 5.26 Å². The van der Waals surface area contributed by atoms with Gasteiger partial charge in [0.2, 0.25) is 0 Å². The van der Waals surface area contributed by atoms with Crippen LogP contribution in [0.5, 0.6) is 0 Å². The Kier molecular flexibility index (Phi) is 4.86. The topological polar surface area (TPSA) is 53.3 Å². The molecule has 102 valence electrons. The third-order valence-corrected chi connectivity index (χ3v) is 3.30. The van der Waals surface area contributed by atoms with E-state index >= 15 is 0 Å². The first-order chi connectivity index (χ1) is 8.34. The number of hydrogen-bond donors (Lipinski definition) is 0. The molecule has 0 bridgehead atoms. The Hall–Kier alpha value is -0.950. The molecule has 1 amide bonds. The van der Waals surface area contributed by atoms with Crippen LogP contribution >= 0.6 is 11.6 Å². The summed E-state index contributed by atoms with van der Waals surface area (Å²) in [5, 5.41) is 9.42. The van der Waals surface area contributed by atoms with E-state index in [1.807, 2.05) is 20.8 Å². The summed E-state index contributed by atoms with van der Waals surface area (Å²) < 4.78 is 5.36. The molecule has 0 saturated carbocycles. The highest BCUT2D eigenvalue weighted by molar-refractivity contribution is 6.17. The van der Waals surface area contributed by atoms with Crippen molar-refractivity contribution in [2.75, 3.05) is 12.4 Å². The van der Waals surface area contributed by atoms with Crippen LogP contribution in [0.25, 0.3) is 0 Å². The van der Waals surface area contributed by atoms with Gasteiger partial charge in [0.25, 0.3) is 0 Å². The Morgan fingerprint density at radius 3 is 2.72 bits per heavy atom. The minimum Gasteiger partial charge on any atom is -0.444 e. The molecule has 5 heteroatoms. The number of ether oxygens (including phenoxy) is 1. The van der Waals surface area contributed by atoms with E-state index in [2.05, 4.69) is 6.07 Å². The molecule has 1 rings (SSSR count). The summed E-state index contributed by atoms with van der Waals surface area (Å²) in [6.07, 6.45) is 2.51. The second-order valence-electron chi connectivity index (χ2n) is 5.67. The van der Waals surface area contributed by atoms with Crippen LogP contribution in [0.1, 0.15) is 46.5 Å². The quantitative estimate of drug-likeness (QED) is 0.741. The zero-order valence-electron chi connectivity index (χ0n) is 11.3. The Labute approximate surface area is 114 Å². The Morgan fingerprint density at radius 2 is 2.22 bits per heavy atom. The third-order valence-electron chi connectivity index (χ3n) is 3.03. The van der Waals surface area contributed by atoms with Gasteiger partial charge in [-0.15, -0.1) is 11.6 Å². The van der Waals surface area contributed by atoms with Gasteiger partial charge in [-0.3, -0.25) is 4.90 Å². The Morgan fingerprint density at radius 1 is 1.56 bits per heavy atom. The van der Waals surface area contributed by atoms with Crippen LogP contribution in [-0.4, -0.2) is 34.6 Å². The first-order valence-electron chi connectivity index (χ1n) is 6.32. The van der Waals surface area contributed by atoms with Crippen molar-refractivity contribution < 1.29 is 9.53 Å². The molecular formula is C13H21ClN2O2. The number of nitriles is 1. The Balaban J connectivity index is 2.79. The second-order valence-corrected chi connectivity index (χ2v) is 6.05. The van der Waals surface area contributed by atoms with Gasteiger partial charge < -0.3 is 4.74 Å². The van der Waals surface area contributed by atoms with Crippen LogP contribution in [-0.2, 0) is 4.74 Å². The first-order valence-corrected chi connectivity index (χ1v) is 6.86. The van der Waals surface area contributed by atoms with Crippen molar-refractivity contribution in [2.45, 2.75) is 57.6 Å². The molecule has 0 aromatic heterocycles. The fraction of sp³-hybridized carbons (Fsp3) is 0.846. The second kappa shape index (κ2) is 5.79. The number of nitrogens with zero attached hydrogens (tertiary/aromatic N) is 2. The molecule has 0 radical (unpaired) electrons. The SMILES string of the molecule is CC(C)(C)OC(=O)N1CCC[C@]1(C#N)CCCCl. The van der Waals surface area contributed by atoms with E-state index in [0.29, 0.717) is 25.3 Å². The van der Waals surface area contributed by atoms with Crippen molar-refractivity contribution >= 4 is 17.7 Å². The zero-order chi connectivity index (χ0) is 13.8. The Bertz CT molecular complexity index is 346. The van der Waals surface area contributed by atoms with Crippen LogP contribution in [0.3, 0.4) is 0 Å². The maximum absolute atomic E-state index is 12.1. The number of amides is 1. The molecule has 0 unspecified atom stereocenters. The standard InChI is InChI=1S/C13H21ClN2O2/c1-12(2,3)18-11(17)16-9-5-7-13(16,10-15)6-4-8-14/h4-9H2,1-3H3/t13-/m0/s1. The number of carbonyl (C=O) groups is 1. The fourth-order valence-corrected chi connectivity index (χ4v) is 2.39. The fourth-order valence-electron chi connectivity index (χ4n) is 2.25. The highest BCUT2D eigenvalue weighted by Gasteiger charge is 2.45. The summed E-state index contributed by atoms with van der Waals surface area (Å²) in [7, 11) is 0. The molecule has 0 aliphatic carbocycles. The van der Waals surface area contributed by atoms with Crippen LogP contribution < -0.4 is 0 Å². The molecule has 0 spiro atoms. The molecule has 1 atom stereocenters. The van der Waals surface area contributed by atoms with Gasteiger partial charge in [-0.05, 0) is 46.5 Å². The van der Waals surface area contributed by atoms with Crippen LogP contribution in [0, 0.1) is 11.3 Å². The van der Waals surface area contributed by atoms with Crippen molar-refractivity contribution in [1.82, 2.24) is 4.90 Å². The lowest BCUT2D eigenvalue weighted by atomic mass is 9.92. The van der Waals surface area contributed by atoms with E-state index in [4.69, 9.17) is 16.3 Å². The van der Waals surface area contributed by atoms with E-state index in [-0.39, 0.29) is 0 Å². The molecule has 1 saturated heterocycles. The average molecular weight is 273 g/mol. The molecule has 18 heavy (non-hydrogen) atoms. The molecule has 0 aromatic rings.